The first-order chi connectivity index (χ1) is 31.7. The lowest BCUT2D eigenvalue weighted by atomic mass is 9.59. The highest BCUT2D eigenvalue weighted by atomic mass is 15.1. The van der Waals surface area contributed by atoms with Gasteiger partial charge in [-0.05, 0) is 109 Å². The van der Waals surface area contributed by atoms with Crippen molar-refractivity contribution in [1.82, 2.24) is 9.55 Å². The van der Waals surface area contributed by atoms with Gasteiger partial charge in [-0.1, -0.05) is 118 Å². The van der Waals surface area contributed by atoms with Crippen LogP contribution in [0.5, 0.6) is 0 Å². The van der Waals surface area contributed by atoms with Crippen LogP contribution in [-0.4, -0.2) is 112 Å². The van der Waals surface area contributed by atoms with E-state index in [1.807, 2.05) is 114 Å². The molecule has 0 atom stereocenters. The molecule has 10 aromatic rings. The number of hydrogen-bond acceptors (Lipinski definition) is 1. The van der Waals surface area contributed by atoms with Gasteiger partial charge >= 0.3 is 0 Å². The van der Waals surface area contributed by atoms with Crippen molar-refractivity contribution in [3.05, 3.63) is 127 Å². The SMILES string of the molecule is [B]c1c([B])c([B])c(-c2nc3ccccc3n2-c2cccc(-c3c4c([B])c([B])c([B])c([B])c4c(-c4cc(-c5ccccc5)cc(-c5ccccc5)c4)c4c([B])c([B])c([B])c([B])c34)c2)c([B])c1[B]. The van der Waals surface area contributed by atoms with Gasteiger partial charge in [-0.2, -0.15) is 0 Å². The average molecular weight is 802 g/mol. The molecule has 0 spiro atoms. The van der Waals surface area contributed by atoms with Crippen molar-refractivity contribution in [2.75, 3.05) is 0 Å². The zero-order chi connectivity index (χ0) is 46.5. The van der Waals surface area contributed by atoms with Gasteiger partial charge in [0.15, 0.2) is 0 Å². The Labute approximate surface area is 401 Å². The summed E-state index contributed by atoms with van der Waals surface area (Å²) < 4.78 is 1.91. The number of hydrogen-bond donors (Lipinski definition) is 0. The maximum Gasteiger partial charge on any atom is 0.144 e. The summed E-state index contributed by atoms with van der Waals surface area (Å²) in [7, 11) is 88.2. The van der Waals surface area contributed by atoms with Gasteiger partial charge in [0.05, 0.1) is 11.0 Å². The summed E-state index contributed by atoms with van der Waals surface area (Å²) in [5.41, 5.74) is 10.1. The lowest BCUT2D eigenvalue weighted by Gasteiger charge is -2.29. The highest BCUT2D eigenvalue weighted by molar-refractivity contribution is 6.72. The molecule has 0 fully saturated rings. The fraction of sp³-hybridized carbons (Fsp3) is 0. The van der Waals surface area contributed by atoms with Gasteiger partial charge in [-0.25, -0.2) is 4.98 Å². The number of nitrogens with zero attached hydrogens (tertiary/aromatic N) is 2. The van der Waals surface area contributed by atoms with Gasteiger partial charge < -0.3 is 0 Å². The zero-order valence-corrected chi connectivity index (χ0v) is 35.5. The summed E-state index contributed by atoms with van der Waals surface area (Å²) in [6.07, 6.45) is 0. The minimum atomic E-state index is 0.0808. The van der Waals surface area contributed by atoms with E-state index in [2.05, 4.69) is 18.2 Å². The normalized spacial score (nSPS) is 11.5. The van der Waals surface area contributed by atoms with E-state index in [4.69, 9.17) is 107 Å². The van der Waals surface area contributed by atoms with Crippen molar-refractivity contribution in [1.29, 1.82) is 0 Å². The molecule has 10 rings (SSSR count). The minimum Gasteiger partial charge on any atom is -0.292 e. The smallest absolute Gasteiger partial charge is 0.144 e. The molecule has 0 amide bonds. The summed E-state index contributed by atoms with van der Waals surface area (Å²) in [4.78, 5) is 5.01. The molecule has 0 bridgehead atoms. The Bertz CT molecular complexity index is 3520. The Morgan fingerprint density at radius 3 is 1.15 bits per heavy atom. The first-order valence-electron chi connectivity index (χ1n) is 20.8. The van der Waals surface area contributed by atoms with E-state index in [9.17, 15) is 0 Å². The topological polar surface area (TPSA) is 17.8 Å². The van der Waals surface area contributed by atoms with E-state index in [0.29, 0.717) is 60.8 Å². The van der Waals surface area contributed by atoms with Gasteiger partial charge in [-0.3, -0.25) is 4.57 Å². The van der Waals surface area contributed by atoms with Crippen LogP contribution in [0.4, 0.5) is 0 Å². The van der Waals surface area contributed by atoms with Crippen LogP contribution >= 0.6 is 0 Å². The van der Waals surface area contributed by atoms with E-state index in [-0.39, 0.29) is 71.0 Å². The molecule has 0 saturated heterocycles. The summed E-state index contributed by atoms with van der Waals surface area (Å²) in [6.45, 7) is 0. The van der Waals surface area contributed by atoms with Crippen LogP contribution in [0, 0.1) is 0 Å². The molecule has 0 N–H and O–H groups in total. The summed E-state index contributed by atoms with van der Waals surface area (Å²) >= 11 is 0. The molecule has 0 aliphatic heterocycles. The van der Waals surface area contributed by atoms with Crippen LogP contribution in [0.3, 0.4) is 0 Å². The number of rotatable bonds is 6. The lowest BCUT2D eigenvalue weighted by Crippen LogP contribution is -2.55. The second-order valence-corrected chi connectivity index (χ2v) is 16.3. The van der Waals surface area contributed by atoms with Crippen LogP contribution in [0.25, 0.3) is 94.2 Å². The molecule has 0 aliphatic carbocycles. The first kappa shape index (κ1) is 43.7. The molecule has 2 nitrogen and oxygen atoms in total. The van der Waals surface area contributed by atoms with Crippen molar-refractivity contribution in [3.8, 4) is 61.6 Å². The average Bonchev–Trinajstić information content (AvgIpc) is 3.73. The van der Waals surface area contributed by atoms with Crippen LogP contribution in [0.15, 0.2) is 127 Å². The minimum absolute atomic E-state index is 0.0808. The Morgan fingerprint density at radius 1 is 0.288 bits per heavy atom. The van der Waals surface area contributed by atoms with Crippen LogP contribution in [-0.2, 0) is 0 Å². The largest absolute Gasteiger partial charge is 0.292 e. The number of para-hydroxylation sites is 2. The second-order valence-electron chi connectivity index (χ2n) is 16.3. The number of imidazole rings is 1. The number of fused-ring (bicyclic) bond motifs is 3. The monoisotopic (exact) mass is 804 g/mol. The van der Waals surface area contributed by atoms with Gasteiger partial charge in [-0.15, -0.1) is 38.2 Å². The fourth-order valence-corrected chi connectivity index (χ4v) is 9.24. The van der Waals surface area contributed by atoms with Gasteiger partial charge in [0.25, 0.3) is 0 Å². The van der Waals surface area contributed by atoms with Crippen LogP contribution in [0.1, 0.15) is 0 Å². The summed E-state index contributed by atoms with van der Waals surface area (Å²) in [6, 6.07) is 41.6. The van der Waals surface area contributed by atoms with Crippen molar-refractivity contribution in [2.45, 2.75) is 0 Å². The van der Waals surface area contributed by atoms with E-state index in [0.717, 1.165) is 33.3 Å². The van der Waals surface area contributed by atoms with Gasteiger partial charge in [0.2, 0.25) is 0 Å². The van der Waals surface area contributed by atoms with Crippen LogP contribution < -0.4 is 71.0 Å². The maximum atomic E-state index is 7.18. The summed E-state index contributed by atoms with van der Waals surface area (Å²) in [5, 5.41) is 1.88. The molecular formula is C51H21B13N2. The highest BCUT2D eigenvalue weighted by Crippen LogP contribution is 2.43. The quantitative estimate of drug-likeness (QED) is 0.141. The van der Waals surface area contributed by atoms with Gasteiger partial charge in [0, 0.05) is 11.3 Å². The third-order valence-electron chi connectivity index (χ3n) is 12.6. The molecule has 0 aliphatic rings. The summed E-state index contributed by atoms with van der Waals surface area (Å²) in [5.74, 6) is 0.362. The molecule has 26 radical (unpaired) electrons. The molecule has 66 heavy (non-hydrogen) atoms. The Kier molecular flexibility index (Phi) is 11.0. The number of aromatic nitrogens is 2. The van der Waals surface area contributed by atoms with E-state index >= 15 is 0 Å². The fourth-order valence-electron chi connectivity index (χ4n) is 9.24. The second kappa shape index (κ2) is 16.6. The van der Waals surface area contributed by atoms with E-state index in [1.165, 1.54) is 0 Å². The van der Waals surface area contributed by atoms with Crippen molar-refractivity contribution < 1.29 is 0 Å². The van der Waals surface area contributed by atoms with Crippen molar-refractivity contribution in [3.63, 3.8) is 0 Å². The molecule has 1 aromatic heterocycles. The molecule has 1 heterocycles. The van der Waals surface area contributed by atoms with Crippen LogP contribution in [0.2, 0.25) is 0 Å². The third kappa shape index (κ3) is 6.71. The first-order valence-corrected chi connectivity index (χ1v) is 20.8. The standard InChI is InChI=1S/C51H21B13N2/c52-38-33-31(24-14-9-15-28(21-24)66-30-17-8-7-16-29(30)65-51(66)37-42(56)48(62)50(64)49(63)43(37)57)34-36(41(55)47(61)45(59)39(34)53)32(35(33)40(54)46(60)44(38)58)27-19-25(22-10-3-1-4-11-22)18-26(20-27)23-12-5-2-6-13-23/h1-21H. The maximum absolute atomic E-state index is 7.18. The Morgan fingerprint density at radius 2 is 0.667 bits per heavy atom. The van der Waals surface area contributed by atoms with Crippen molar-refractivity contribution >= 4 is 206 Å². The third-order valence-corrected chi connectivity index (χ3v) is 12.6. The molecular weight excluding hydrogens is 781 g/mol. The molecule has 15 heteroatoms. The van der Waals surface area contributed by atoms with E-state index < -0.39 is 0 Å². The molecule has 274 valence electrons. The number of benzene rings is 9. The molecule has 9 aromatic carbocycles. The predicted octanol–water partition coefficient (Wildman–Crippen LogP) is -2.01. The Balaban J connectivity index is 1.37. The highest BCUT2D eigenvalue weighted by Gasteiger charge is 2.27. The zero-order valence-electron chi connectivity index (χ0n) is 35.5. The van der Waals surface area contributed by atoms with Gasteiger partial charge in [0.1, 0.15) is 108 Å². The lowest BCUT2D eigenvalue weighted by molar-refractivity contribution is 1.11. The Hall–Kier alpha value is -6.19. The van der Waals surface area contributed by atoms with Crippen molar-refractivity contribution in [2.24, 2.45) is 0 Å². The molecule has 0 unspecified atom stereocenters. The van der Waals surface area contributed by atoms with E-state index in [1.54, 1.807) is 0 Å². The predicted molar refractivity (Wildman–Crippen MR) is 293 cm³/mol. The molecule has 0 saturated carbocycles.